The zero-order valence-electron chi connectivity index (χ0n) is 9.50. The highest BCUT2D eigenvalue weighted by molar-refractivity contribution is 7.09. The third-order valence-electron chi connectivity index (χ3n) is 1.91. The molecular weight excluding hydrogens is 206 g/mol. The van der Waals surface area contributed by atoms with Crippen molar-refractivity contribution in [1.82, 2.24) is 10.3 Å². The molecule has 1 rings (SSSR count). The highest BCUT2D eigenvalue weighted by Crippen LogP contribution is 2.25. The van der Waals surface area contributed by atoms with Gasteiger partial charge in [0.1, 0.15) is 0 Å². The minimum atomic E-state index is 0.134. The Balaban J connectivity index is 2.44. The number of hydrogen-bond donors (Lipinski definition) is 1. The maximum Gasteiger partial charge on any atom is 0.0982 e. The van der Waals surface area contributed by atoms with Crippen LogP contribution in [0.5, 0.6) is 0 Å². The Bertz CT molecular complexity index is 343. The fourth-order valence-corrected chi connectivity index (χ4v) is 2.00. The molecule has 0 atom stereocenters. The lowest BCUT2D eigenvalue weighted by molar-refractivity contribution is 0.580. The lowest BCUT2D eigenvalue weighted by atomic mass is 9.98. The monoisotopic (exact) mass is 223 g/mol. The first-order valence-electron chi connectivity index (χ1n) is 5.06. The van der Waals surface area contributed by atoms with Crippen molar-refractivity contribution in [3.8, 4) is 6.07 Å². The molecule has 0 spiro atoms. The van der Waals surface area contributed by atoms with E-state index in [1.54, 1.807) is 11.3 Å². The van der Waals surface area contributed by atoms with Gasteiger partial charge in [-0.2, -0.15) is 5.26 Å². The normalized spacial score (nSPS) is 11.3. The lowest BCUT2D eigenvalue weighted by Gasteiger charge is -2.13. The molecule has 1 aromatic heterocycles. The van der Waals surface area contributed by atoms with E-state index in [9.17, 15) is 0 Å². The van der Waals surface area contributed by atoms with Gasteiger partial charge in [-0.3, -0.25) is 0 Å². The van der Waals surface area contributed by atoms with Gasteiger partial charge in [0.05, 0.1) is 16.8 Å². The summed E-state index contributed by atoms with van der Waals surface area (Å²) in [6, 6.07) is 2.10. The van der Waals surface area contributed by atoms with Crippen LogP contribution in [0.3, 0.4) is 0 Å². The smallest absolute Gasteiger partial charge is 0.0982 e. The first-order chi connectivity index (χ1) is 7.04. The van der Waals surface area contributed by atoms with E-state index in [1.807, 2.05) is 0 Å². The molecule has 0 aromatic carbocycles. The van der Waals surface area contributed by atoms with E-state index in [2.05, 4.69) is 42.5 Å². The molecule has 1 N–H and O–H groups in total. The van der Waals surface area contributed by atoms with Crippen molar-refractivity contribution in [1.29, 1.82) is 5.26 Å². The third-order valence-corrected chi connectivity index (χ3v) is 3.23. The molecule has 0 unspecified atom stereocenters. The highest BCUT2D eigenvalue weighted by Gasteiger charge is 2.17. The second-order valence-corrected chi connectivity index (χ2v) is 5.34. The SMILES string of the molecule is CC(C)(C)c1nc(CNCCC#N)cs1. The fraction of sp³-hybridized carbons (Fsp3) is 0.636. The van der Waals surface area contributed by atoms with E-state index in [0.29, 0.717) is 6.42 Å². The van der Waals surface area contributed by atoms with Crippen LogP contribution >= 0.6 is 11.3 Å². The van der Waals surface area contributed by atoms with Gasteiger partial charge in [0, 0.05) is 30.3 Å². The van der Waals surface area contributed by atoms with E-state index >= 15 is 0 Å². The van der Waals surface area contributed by atoms with E-state index in [0.717, 1.165) is 18.8 Å². The Morgan fingerprint density at radius 1 is 1.53 bits per heavy atom. The number of rotatable bonds is 4. The third kappa shape index (κ3) is 3.98. The summed E-state index contributed by atoms with van der Waals surface area (Å²) >= 11 is 1.70. The van der Waals surface area contributed by atoms with Crippen LogP contribution in [0.2, 0.25) is 0 Å². The maximum atomic E-state index is 8.37. The Labute approximate surface area is 95.2 Å². The van der Waals surface area contributed by atoms with Crippen LogP contribution < -0.4 is 5.32 Å². The zero-order chi connectivity index (χ0) is 11.3. The van der Waals surface area contributed by atoms with E-state index in [1.165, 1.54) is 5.01 Å². The molecule has 15 heavy (non-hydrogen) atoms. The van der Waals surface area contributed by atoms with Crippen molar-refractivity contribution in [2.24, 2.45) is 0 Å². The van der Waals surface area contributed by atoms with Gasteiger partial charge < -0.3 is 5.32 Å². The molecule has 0 radical (unpaired) electrons. The predicted molar refractivity (Wildman–Crippen MR) is 62.8 cm³/mol. The maximum absolute atomic E-state index is 8.37. The molecule has 3 nitrogen and oxygen atoms in total. The summed E-state index contributed by atoms with van der Waals surface area (Å²) in [7, 11) is 0. The Hall–Kier alpha value is -0.920. The van der Waals surface area contributed by atoms with Gasteiger partial charge in [0.2, 0.25) is 0 Å². The van der Waals surface area contributed by atoms with Crippen LogP contribution in [0, 0.1) is 11.3 Å². The number of nitriles is 1. The summed E-state index contributed by atoms with van der Waals surface area (Å²) in [5.74, 6) is 0. The number of thiazole rings is 1. The second kappa shape index (κ2) is 5.24. The van der Waals surface area contributed by atoms with Gasteiger partial charge >= 0.3 is 0 Å². The summed E-state index contributed by atoms with van der Waals surface area (Å²) in [5, 5.41) is 14.8. The van der Waals surface area contributed by atoms with Gasteiger partial charge in [-0.05, 0) is 0 Å². The molecule has 1 heterocycles. The molecule has 0 saturated heterocycles. The van der Waals surface area contributed by atoms with Crippen molar-refractivity contribution in [2.75, 3.05) is 6.54 Å². The minimum Gasteiger partial charge on any atom is -0.310 e. The van der Waals surface area contributed by atoms with Gasteiger partial charge in [0.15, 0.2) is 0 Å². The van der Waals surface area contributed by atoms with E-state index in [4.69, 9.17) is 5.26 Å². The van der Waals surface area contributed by atoms with Gasteiger partial charge in [-0.15, -0.1) is 11.3 Å². The lowest BCUT2D eigenvalue weighted by Crippen LogP contribution is -2.15. The molecular formula is C11H17N3S. The average Bonchev–Trinajstić information content (AvgIpc) is 2.60. The topological polar surface area (TPSA) is 48.7 Å². The van der Waals surface area contributed by atoms with Crippen LogP contribution in [-0.2, 0) is 12.0 Å². The van der Waals surface area contributed by atoms with Crippen LogP contribution in [0.4, 0.5) is 0 Å². The van der Waals surface area contributed by atoms with Crippen molar-refractivity contribution < 1.29 is 0 Å². The number of hydrogen-bond acceptors (Lipinski definition) is 4. The van der Waals surface area contributed by atoms with Crippen LogP contribution in [0.25, 0.3) is 0 Å². The first kappa shape index (κ1) is 12.2. The second-order valence-electron chi connectivity index (χ2n) is 4.48. The molecule has 4 heteroatoms. The molecule has 0 amide bonds. The van der Waals surface area contributed by atoms with Gasteiger partial charge in [-0.25, -0.2) is 4.98 Å². The Kier molecular flexibility index (Phi) is 4.25. The Morgan fingerprint density at radius 2 is 2.27 bits per heavy atom. The molecule has 82 valence electrons. The summed E-state index contributed by atoms with van der Waals surface area (Å²) in [6.07, 6.45) is 0.552. The largest absolute Gasteiger partial charge is 0.310 e. The molecule has 1 aromatic rings. The van der Waals surface area contributed by atoms with Gasteiger partial charge in [0.25, 0.3) is 0 Å². The molecule has 0 aliphatic heterocycles. The van der Waals surface area contributed by atoms with Crippen LogP contribution in [0.1, 0.15) is 37.9 Å². The molecule has 0 aliphatic carbocycles. The minimum absolute atomic E-state index is 0.134. The summed E-state index contributed by atoms with van der Waals surface area (Å²) in [5.41, 5.74) is 1.21. The predicted octanol–water partition coefficient (Wildman–Crippen LogP) is 2.44. The zero-order valence-corrected chi connectivity index (χ0v) is 10.3. The Morgan fingerprint density at radius 3 is 2.80 bits per heavy atom. The van der Waals surface area contributed by atoms with Crippen LogP contribution in [0.15, 0.2) is 5.38 Å². The average molecular weight is 223 g/mol. The van der Waals surface area contributed by atoms with Crippen molar-refractivity contribution in [3.05, 3.63) is 16.1 Å². The standard InChI is InChI=1S/C11H17N3S/c1-11(2,3)10-14-9(8-15-10)7-13-6-4-5-12/h8,13H,4,6-7H2,1-3H3. The van der Waals surface area contributed by atoms with Crippen molar-refractivity contribution in [3.63, 3.8) is 0 Å². The first-order valence-corrected chi connectivity index (χ1v) is 5.94. The van der Waals surface area contributed by atoms with Crippen molar-refractivity contribution >= 4 is 11.3 Å². The fourth-order valence-electron chi connectivity index (χ4n) is 1.09. The molecule has 0 bridgehead atoms. The number of nitrogens with zero attached hydrogens (tertiary/aromatic N) is 2. The van der Waals surface area contributed by atoms with E-state index < -0.39 is 0 Å². The summed E-state index contributed by atoms with van der Waals surface area (Å²) < 4.78 is 0. The summed E-state index contributed by atoms with van der Waals surface area (Å²) in [6.45, 7) is 7.99. The quantitative estimate of drug-likeness (QED) is 0.798. The number of aromatic nitrogens is 1. The molecule has 0 saturated carbocycles. The summed E-state index contributed by atoms with van der Waals surface area (Å²) in [4.78, 5) is 4.55. The molecule has 0 aliphatic rings. The number of nitrogens with one attached hydrogen (secondary N) is 1. The van der Waals surface area contributed by atoms with Crippen molar-refractivity contribution in [2.45, 2.75) is 39.2 Å². The van der Waals surface area contributed by atoms with Crippen LogP contribution in [-0.4, -0.2) is 11.5 Å². The van der Waals surface area contributed by atoms with Gasteiger partial charge in [-0.1, -0.05) is 20.8 Å². The molecule has 0 fully saturated rings. The highest BCUT2D eigenvalue weighted by atomic mass is 32.1. The van der Waals surface area contributed by atoms with E-state index in [-0.39, 0.29) is 5.41 Å².